The highest BCUT2D eigenvalue weighted by atomic mass is 32.2. The number of hydrogen-bond acceptors (Lipinski definition) is 6. The van der Waals surface area contributed by atoms with Gasteiger partial charge in [-0.2, -0.15) is 0 Å². The molecule has 0 aromatic carbocycles. The van der Waals surface area contributed by atoms with Crippen LogP contribution in [-0.2, 0) is 24.3 Å². The molecule has 8 heteroatoms. The fraction of sp³-hybridized carbons (Fsp3) is 0.900. The molecule has 0 saturated carbocycles. The highest BCUT2D eigenvalue weighted by molar-refractivity contribution is 7.90. The van der Waals surface area contributed by atoms with Crippen LogP contribution >= 0.6 is 0 Å². The van der Waals surface area contributed by atoms with Gasteiger partial charge in [0.15, 0.2) is 5.25 Å². The molecule has 1 fully saturated rings. The minimum absolute atomic E-state index is 0.191. The molecule has 1 aliphatic rings. The molecule has 0 spiro atoms. The SMILES string of the molecule is COC(=O)C(C)S(=O)(=O)N(C)CC1CNCCO1. The summed E-state index contributed by atoms with van der Waals surface area (Å²) in [7, 11) is -1.09. The molecule has 2 unspecified atom stereocenters. The van der Waals surface area contributed by atoms with Gasteiger partial charge in [0, 0.05) is 26.7 Å². The number of rotatable bonds is 5. The van der Waals surface area contributed by atoms with Gasteiger partial charge < -0.3 is 14.8 Å². The maximum absolute atomic E-state index is 12.1. The molecular weight excluding hydrogens is 260 g/mol. The molecule has 0 aromatic rings. The number of carbonyl (C=O) groups is 1. The van der Waals surface area contributed by atoms with Crippen LogP contribution in [0.4, 0.5) is 0 Å². The van der Waals surface area contributed by atoms with Gasteiger partial charge in [0.25, 0.3) is 0 Å². The zero-order valence-corrected chi connectivity index (χ0v) is 11.7. The van der Waals surface area contributed by atoms with Gasteiger partial charge in [-0.15, -0.1) is 0 Å². The van der Waals surface area contributed by atoms with Crippen LogP contribution in [0.5, 0.6) is 0 Å². The number of ether oxygens (including phenoxy) is 2. The predicted octanol–water partition coefficient (Wildman–Crippen LogP) is -1.20. The third kappa shape index (κ3) is 3.64. The van der Waals surface area contributed by atoms with E-state index >= 15 is 0 Å². The Morgan fingerprint density at radius 1 is 1.61 bits per heavy atom. The van der Waals surface area contributed by atoms with E-state index in [1.165, 1.54) is 21.1 Å². The third-order valence-electron chi connectivity index (χ3n) is 2.88. The lowest BCUT2D eigenvalue weighted by Crippen LogP contribution is -2.48. The van der Waals surface area contributed by atoms with Crippen molar-refractivity contribution in [3.05, 3.63) is 0 Å². The second kappa shape index (κ2) is 6.46. The number of morpholine rings is 1. The molecular formula is C10H20N2O5S. The maximum atomic E-state index is 12.1. The van der Waals surface area contributed by atoms with Crippen LogP contribution in [0.25, 0.3) is 0 Å². The van der Waals surface area contributed by atoms with E-state index in [1.807, 2.05) is 0 Å². The quantitative estimate of drug-likeness (QED) is 0.637. The molecule has 18 heavy (non-hydrogen) atoms. The smallest absolute Gasteiger partial charge is 0.325 e. The number of methoxy groups -OCH3 is 1. The number of hydrogen-bond donors (Lipinski definition) is 1. The lowest BCUT2D eigenvalue weighted by molar-refractivity contribution is -0.139. The van der Waals surface area contributed by atoms with E-state index in [4.69, 9.17) is 4.74 Å². The molecule has 106 valence electrons. The van der Waals surface area contributed by atoms with Gasteiger partial charge in [-0.1, -0.05) is 0 Å². The minimum Gasteiger partial charge on any atom is -0.468 e. The molecule has 2 atom stereocenters. The van der Waals surface area contributed by atoms with Crippen LogP contribution in [-0.4, -0.2) is 70.4 Å². The lowest BCUT2D eigenvalue weighted by atomic mass is 10.3. The van der Waals surface area contributed by atoms with Crippen LogP contribution in [0, 0.1) is 0 Å². The van der Waals surface area contributed by atoms with Crippen molar-refractivity contribution >= 4 is 16.0 Å². The van der Waals surface area contributed by atoms with E-state index in [0.717, 1.165) is 10.8 Å². The van der Waals surface area contributed by atoms with Gasteiger partial charge in [0.2, 0.25) is 10.0 Å². The molecule has 0 bridgehead atoms. The topological polar surface area (TPSA) is 84.9 Å². The Bertz CT molecular complexity index is 378. The molecule has 1 rings (SSSR count). The maximum Gasteiger partial charge on any atom is 0.325 e. The first kappa shape index (κ1) is 15.4. The summed E-state index contributed by atoms with van der Waals surface area (Å²) < 4.78 is 35.1. The Morgan fingerprint density at radius 2 is 2.28 bits per heavy atom. The highest BCUT2D eigenvalue weighted by Crippen LogP contribution is 2.10. The zero-order valence-electron chi connectivity index (χ0n) is 10.9. The van der Waals surface area contributed by atoms with E-state index < -0.39 is 21.2 Å². The van der Waals surface area contributed by atoms with Crippen molar-refractivity contribution in [1.29, 1.82) is 0 Å². The summed E-state index contributed by atoms with van der Waals surface area (Å²) >= 11 is 0. The van der Waals surface area contributed by atoms with E-state index in [-0.39, 0.29) is 12.6 Å². The Kier molecular flexibility index (Phi) is 5.51. The molecule has 0 amide bonds. The van der Waals surface area contributed by atoms with Gasteiger partial charge in [0.05, 0.1) is 19.8 Å². The third-order valence-corrected chi connectivity index (χ3v) is 4.98. The van der Waals surface area contributed by atoms with Crippen LogP contribution in [0.1, 0.15) is 6.92 Å². The summed E-state index contributed by atoms with van der Waals surface area (Å²) in [5, 5.41) is 1.91. The summed E-state index contributed by atoms with van der Waals surface area (Å²) in [6.07, 6.45) is -0.191. The first-order valence-electron chi connectivity index (χ1n) is 5.75. The fourth-order valence-electron chi connectivity index (χ4n) is 1.69. The largest absolute Gasteiger partial charge is 0.468 e. The summed E-state index contributed by atoms with van der Waals surface area (Å²) in [6.45, 7) is 3.47. The van der Waals surface area contributed by atoms with Crippen molar-refractivity contribution in [3.63, 3.8) is 0 Å². The van der Waals surface area contributed by atoms with Crippen LogP contribution in [0.15, 0.2) is 0 Å². The van der Waals surface area contributed by atoms with Gasteiger partial charge in [-0.05, 0) is 6.92 Å². The standard InChI is InChI=1S/C10H20N2O5S/c1-8(10(13)16-3)18(14,15)12(2)7-9-6-11-4-5-17-9/h8-9,11H,4-7H2,1-3H3. The van der Waals surface area contributed by atoms with Crippen LogP contribution in [0.2, 0.25) is 0 Å². The number of likely N-dealkylation sites (N-methyl/N-ethyl adjacent to an activating group) is 1. The molecule has 0 aromatic heterocycles. The van der Waals surface area contributed by atoms with Gasteiger partial charge in [0.1, 0.15) is 0 Å². The van der Waals surface area contributed by atoms with Gasteiger partial charge >= 0.3 is 5.97 Å². The summed E-state index contributed by atoms with van der Waals surface area (Å²) in [6, 6.07) is 0. The molecule has 0 radical (unpaired) electrons. The average Bonchev–Trinajstić information content (AvgIpc) is 2.37. The van der Waals surface area contributed by atoms with Crippen molar-refractivity contribution in [2.45, 2.75) is 18.3 Å². The van der Waals surface area contributed by atoms with E-state index in [1.54, 1.807) is 0 Å². The Labute approximate surface area is 107 Å². The van der Waals surface area contributed by atoms with E-state index in [9.17, 15) is 13.2 Å². The summed E-state index contributed by atoms with van der Waals surface area (Å²) in [5.74, 6) is -0.760. The zero-order chi connectivity index (χ0) is 13.8. The second-order valence-corrected chi connectivity index (χ2v) is 6.55. The first-order chi connectivity index (χ1) is 8.39. The normalized spacial score (nSPS) is 22.8. The van der Waals surface area contributed by atoms with Crippen molar-refractivity contribution in [1.82, 2.24) is 9.62 Å². The Morgan fingerprint density at radius 3 is 2.78 bits per heavy atom. The van der Waals surface area contributed by atoms with Gasteiger partial charge in [-0.3, -0.25) is 4.79 Å². The molecule has 1 heterocycles. The Balaban J connectivity index is 2.63. The van der Waals surface area contributed by atoms with E-state index in [0.29, 0.717) is 13.2 Å². The van der Waals surface area contributed by atoms with Crippen molar-refractivity contribution in [2.24, 2.45) is 0 Å². The van der Waals surface area contributed by atoms with Crippen LogP contribution < -0.4 is 5.32 Å². The Hall–Kier alpha value is -0.700. The number of esters is 1. The van der Waals surface area contributed by atoms with Crippen molar-refractivity contribution in [3.8, 4) is 0 Å². The van der Waals surface area contributed by atoms with Crippen molar-refractivity contribution < 1.29 is 22.7 Å². The second-order valence-electron chi connectivity index (χ2n) is 4.19. The molecule has 1 N–H and O–H groups in total. The van der Waals surface area contributed by atoms with Crippen molar-refractivity contribution in [2.75, 3.05) is 40.4 Å². The minimum atomic E-state index is -3.70. The summed E-state index contributed by atoms with van der Waals surface area (Å²) in [4.78, 5) is 11.3. The first-order valence-corrected chi connectivity index (χ1v) is 7.25. The molecule has 7 nitrogen and oxygen atoms in total. The monoisotopic (exact) mass is 280 g/mol. The number of nitrogens with zero attached hydrogens (tertiary/aromatic N) is 1. The lowest BCUT2D eigenvalue weighted by Gasteiger charge is -2.28. The van der Waals surface area contributed by atoms with Crippen LogP contribution in [0.3, 0.4) is 0 Å². The average molecular weight is 280 g/mol. The molecule has 1 aliphatic heterocycles. The number of carbonyl (C=O) groups excluding carboxylic acids is 1. The number of sulfonamides is 1. The molecule has 1 saturated heterocycles. The number of nitrogens with one attached hydrogen (secondary N) is 1. The summed E-state index contributed by atoms with van der Waals surface area (Å²) in [5.41, 5.74) is 0. The predicted molar refractivity (Wildman–Crippen MR) is 65.6 cm³/mol. The van der Waals surface area contributed by atoms with Gasteiger partial charge in [-0.25, -0.2) is 12.7 Å². The fourth-order valence-corrected chi connectivity index (χ4v) is 2.94. The van der Waals surface area contributed by atoms with E-state index in [2.05, 4.69) is 10.1 Å². The highest BCUT2D eigenvalue weighted by Gasteiger charge is 2.34. The molecule has 0 aliphatic carbocycles.